The van der Waals surface area contributed by atoms with Crippen molar-refractivity contribution in [3.63, 3.8) is 0 Å². The van der Waals surface area contributed by atoms with Gasteiger partial charge in [0, 0.05) is 17.3 Å². The molecule has 0 amide bonds. The molecular formula is C19H17N. The fourth-order valence-corrected chi connectivity index (χ4v) is 2.56. The molecule has 0 saturated heterocycles. The number of pyridine rings is 1. The van der Waals surface area contributed by atoms with Crippen molar-refractivity contribution in [2.75, 3.05) is 0 Å². The maximum atomic E-state index is 4.59. The van der Waals surface area contributed by atoms with Gasteiger partial charge in [-0.05, 0) is 31.0 Å². The summed E-state index contributed by atoms with van der Waals surface area (Å²) in [4.78, 5) is 4.59. The standard InChI is InChI=1S/C19H17N/c1-14-10-11-17(15(2)13-14)18-9-6-12-20-19(18)16-7-4-3-5-8-16/h3-13H,1-2H3. The van der Waals surface area contributed by atoms with Gasteiger partial charge in [0.15, 0.2) is 0 Å². The Kier molecular flexibility index (Phi) is 3.34. The predicted octanol–water partition coefficient (Wildman–Crippen LogP) is 5.03. The van der Waals surface area contributed by atoms with Crippen molar-refractivity contribution in [3.05, 3.63) is 78.0 Å². The highest BCUT2D eigenvalue weighted by atomic mass is 14.7. The number of nitrogens with zero attached hydrogens (tertiary/aromatic N) is 1. The monoisotopic (exact) mass is 259 g/mol. The summed E-state index contributed by atoms with van der Waals surface area (Å²) in [6.45, 7) is 4.28. The largest absolute Gasteiger partial charge is 0.256 e. The fraction of sp³-hybridized carbons (Fsp3) is 0.105. The topological polar surface area (TPSA) is 12.9 Å². The van der Waals surface area contributed by atoms with Gasteiger partial charge in [-0.3, -0.25) is 4.98 Å². The number of aromatic nitrogens is 1. The van der Waals surface area contributed by atoms with Gasteiger partial charge in [-0.1, -0.05) is 60.2 Å². The Bertz CT molecular complexity index is 730. The average molecular weight is 259 g/mol. The van der Waals surface area contributed by atoms with Crippen molar-refractivity contribution >= 4 is 0 Å². The van der Waals surface area contributed by atoms with Crippen LogP contribution in [0.5, 0.6) is 0 Å². The van der Waals surface area contributed by atoms with E-state index in [0.29, 0.717) is 0 Å². The minimum Gasteiger partial charge on any atom is -0.256 e. The summed E-state index contributed by atoms with van der Waals surface area (Å²) in [6.07, 6.45) is 1.86. The highest BCUT2D eigenvalue weighted by Gasteiger charge is 2.10. The van der Waals surface area contributed by atoms with Crippen LogP contribution >= 0.6 is 0 Å². The number of hydrogen-bond acceptors (Lipinski definition) is 1. The van der Waals surface area contributed by atoms with E-state index in [1.165, 1.54) is 22.3 Å². The third-order valence-corrected chi connectivity index (χ3v) is 3.53. The molecule has 1 aromatic heterocycles. The van der Waals surface area contributed by atoms with Gasteiger partial charge in [-0.2, -0.15) is 0 Å². The summed E-state index contributed by atoms with van der Waals surface area (Å²) in [5.41, 5.74) is 7.22. The van der Waals surface area contributed by atoms with Gasteiger partial charge in [0.05, 0.1) is 5.69 Å². The molecule has 1 nitrogen and oxygen atoms in total. The fourth-order valence-electron chi connectivity index (χ4n) is 2.56. The molecule has 0 saturated carbocycles. The lowest BCUT2D eigenvalue weighted by Crippen LogP contribution is -1.91. The molecule has 0 aliphatic heterocycles. The third kappa shape index (κ3) is 2.35. The van der Waals surface area contributed by atoms with Gasteiger partial charge in [-0.25, -0.2) is 0 Å². The Hall–Kier alpha value is -2.41. The lowest BCUT2D eigenvalue weighted by atomic mass is 9.95. The van der Waals surface area contributed by atoms with Crippen LogP contribution in [-0.4, -0.2) is 4.98 Å². The van der Waals surface area contributed by atoms with E-state index >= 15 is 0 Å². The molecule has 0 fully saturated rings. The highest BCUT2D eigenvalue weighted by Crippen LogP contribution is 2.32. The van der Waals surface area contributed by atoms with E-state index in [-0.39, 0.29) is 0 Å². The van der Waals surface area contributed by atoms with Gasteiger partial charge in [0.2, 0.25) is 0 Å². The lowest BCUT2D eigenvalue weighted by molar-refractivity contribution is 1.31. The van der Waals surface area contributed by atoms with Crippen LogP contribution in [0.25, 0.3) is 22.4 Å². The first-order valence-electron chi connectivity index (χ1n) is 6.84. The summed E-state index contributed by atoms with van der Waals surface area (Å²) in [7, 11) is 0. The van der Waals surface area contributed by atoms with Gasteiger partial charge >= 0.3 is 0 Å². The normalized spacial score (nSPS) is 10.5. The van der Waals surface area contributed by atoms with Crippen molar-refractivity contribution in [2.45, 2.75) is 13.8 Å². The summed E-state index contributed by atoms with van der Waals surface area (Å²) in [5.74, 6) is 0. The smallest absolute Gasteiger partial charge is 0.0780 e. The van der Waals surface area contributed by atoms with E-state index in [1.54, 1.807) is 0 Å². The molecule has 20 heavy (non-hydrogen) atoms. The molecule has 98 valence electrons. The molecular weight excluding hydrogens is 242 g/mol. The van der Waals surface area contributed by atoms with Crippen molar-refractivity contribution < 1.29 is 0 Å². The maximum absolute atomic E-state index is 4.59. The molecule has 0 bridgehead atoms. The lowest BCUT2D eigenvalue weighted by Gasteiger charge is -2.12. The van der Waals surface area contributed by atoms with Crippen LogP contribution in [0.3, 0.4) is 0 Å². The second-order valence-electron chi connectivity index (χ2n) is 5.08. The van der Waals surface area contributed by atoms with Crippen LogP contribution < -0.4 is 0 Å². The minimum atomic E-state index is 1.04. The minimum absolute atomic E-state index is 1.04. The summed E-state index contributed by atoms with van der Waals surface area (Å²) < 4.78 is 0. The second kappa shape index (κ2) is 5.30. The summed E-state index contributed by atoms with van der Waals surface area (Å²) in [6, 6.07) is 21.1. The zero-order valence-electron chi connectivity index (χ0n) is 11.8. The van der Waals surface area contributed by atoms with Crippen LogP contribution in [0.4, 0.5) is 0 Å². The average Bonchev–Trinajstić information content (AvgIpc) is 2.48. The van der Waals surface area contributed by atoms with Crippen molar-refractivity contribution in [1.82, 2.24) is 4.98 Å². The predicted molar refractivity (Wildman–Crippen MR) is 84.6 cm³/mol. The first-order valence-corrected chi connectivity index (χ1v) is 6.84. The summed E-state index contributed by atoms with van der Waals surface area (Å²) >= 11 is 0. The van der Waals surface area contributed by atoms with Crippen LogP contribution in [0.15, 0.2) is 66.9 Å². The van der Waals surface area contributed by atoms with E-state index in [1.807, 2.05) is 18.3 Å². The zero-order valence-corrected chi connectivity index (χ0v) is 11.8. The molecule has 0 atom stereocenters. The summed E-state index contributed by atoms with van der Waals surface area (Å²) in [5, 5.41) is 0. The Morgan fingerprint density at radius 3 is 2.30 bits per heavy atom. The van der Waals surface area contributed by atoms with Gasteiger partial charge < -0.3 is 0 Å². The molecule has 1 heterocycles. The number of aryl methyl sites for hydroxylation is 2. The van der Waals surface area contributed by atoms with Crippen LogP contribution in [0.2, 0.25) is 0 Å². The first-order chi connectivity index (χ1) is 9.75. The number of rotatable bonds is 2. The molecule has 0 radical (unpaired) electrons. The molecule has 0 spiro atoms. The van der Waals surface area contributed by atoms with E-state index in [0.717, 1.165) is 11.3 Å². The number of hydrogen-bond donors (Lipinski definition) is 0. The molecule has 0 N–H and O–H groups in total. The number of benzene rings is 2. The first kappa shape index (κ1) is 12.6. The van der Waals surface area contributed by atoms with Crippen molar-refractivity contribution in [3.8, 4) is 22.4 Å². The quantitative estimate of drug-likeness (QED) is 0.628. The van der Waals surface area contributed by atoms with Crippen LogP contribution in [0.1, 0.15) is 11.1 Å². The van der Waals surface area contributed by atoms with Gasteiger partial charge in [0.25, 0.3) is 0 Å². The highest BCUT2D eigenvalue weighted by molar-refractivity contribution is 5.82. The van der Waals surface area contributed by atoms with Crippen LogP contribution in [0, 0.1) is 13.8 Å². The van der Waals surface area contributed by atoms with Gasteiger partial charge in [0.1, 0.15) is 0 Å². The van der Waals surface area contributed by atoms with Crippen molar-refractivity contribution in [1.29, 1.82) is 0 Å². The molecule has 3 rings (SSSR count). The molecule has 1 heteroatoms. The Balaban J connectivity index is 2.20. The second-order valence-corrected chi connectivity index (χ2v) is 5.08. The molecule has 0 aliphatic rings. The maximum Gasteiger partial charge on any atom is 0.0780 e. The Labute approximate surface area is 119 Å². The van der Waals surface area contributed by atoms with Crippen LogP contribution in [-0.2, 0) is 0 Å². The van der Waals surface area contributed by atoms with E-state index in [9.17, 15) is 0 Å². The van der Waals surface area contributed by atoms with Crippen molar-refractivity contribution in [2.24, 2.45) is 0 Å². The molecule has 0 unspecified atom stereocenters. The van der Waals surface area contributed by atoms with E-state index in [2.05, 4.69) is 67.4 Å². The zero-order chi connectivity index (χ0) is 13.9. The van der Waals surface area contributed by atoms with E-state index in [4.69, 9.17) is 0 Å². The van der Waals surface area contributed by atoms with E-state index < -0.39 is 0 Å². The Morgan fingerprint density at radius 2 is 1.55 bits per heavy atom. The third-order valence-electron chi connectivity index (χ3n) is 3.53. The Morgan fingerprint density at radius 1 is 0.750 bits per heavy atom. The molecule has 0 aliphatic carbocycles. The molecule has 2 aromatic carbocycles. The SMILES string of the molecule is Cc1ccc(-c2cccnc2-c2ccccc2)c(C)c1. The van der Waals surface area contributed by atoms with Gasteiger partial charge in [-0.15, -0.1) is 0 Å². The molecule has 3 aromatic rings.